The number of rotatable bonds is 5. The lowest BCUT2D eigenvalue weighted by atomic mass is 10.1. The number of fused-ring (bicyclic) bond motifs is 1. The molecule has 24 heavy (non-hydrogen) atoms. The van der Waals surface area contributed by atoms with Crippen LogP contribution in [0.4, 0.5) is 0 Å². The second-order valence-corrected chi connectivity index (χ2v) is 7.64. The number of hydrogen-bond acceptors (Lipinski definition) is 5. The van der Waals surface area contributed by atoms with Gasteiger partial charge in [0.25, 0.3) is 21.8 Å². The molecule has 3 rings (SSSR count). The zero-order chi connectivity index (χ0) is 17.6. The second-order valence-electron chi connectivity index (χ2n) is 5.81. The first kappa shape index (κ1) is 16.4. The van der Waals surface area contributed by atoms with Gasteiger partial charge < -0.3 is 10.4 Å². The third-order valence-corrected chi connectivity index (χ3v) is 6.10. The highest BCUT2D eigenvalue weighted by Crippen LogP contribution is 2.33. The second kappa shape index (κ2) is 5.59. The molecule has 1 aliphatic carbocycles. The first-order valence-corrected chi connectivity index (χ1v) is 8.96. The molecule has 2 aliphatic rings. The molecule has 9 heteroatoms. The highest BCUT2D eigenvalue weighted by Gasteiger charge is 2.41. The van der Waals surface area contributed by atoms with Gasteiger partial charge in [-0.2, -0.15) is 0 Å². The highest BCUT2D eigenvalue weighted by molar-refractivity contribution is 7.90. The summed E-state index contributed by atoms with van der Waals surface area (Å²) in [6.45, 7) is 1.54. The molecule has 1 aliphatic heterocycles. The van der Waals surface area contributed by atoms with Gasteiger partial charge in [-0.15, -0.1) is 0 Å². The standard InChI is InChI=1S/C15H16N2O6S/c1-2-17-14(19)10-6-5-9(7-11(10)24(17,22)23)13(18)16-12(15(20)21)8-3-4-8/h5-8,12H,2-4H2,1H3,(H,16,18)(H,20,21). The maximum Gasteiger partial charge on any atom is 0.326 e. The Hall–Kier alpha value is -2.42. The smallest absolute Gasteiger partial charge is 0.326 e. The van der Waals surface area contributed by atoms with Crippen LogP contribution in [0.5, 0.6) is 0 Å². The van der Waals surface area contributed by atoms with Gasteiger partial charge in [-0.3, -0.25) is 9.59 Å². The van der Waals surface area contributed by atoms with Crippen molar-refractivity contribution in [2.75, 3.05) is 6.54 Å². The first-order valence-electron chi connectivity index (χ1n) is 7.52. The molecule has 0 bridgehead atoms. The number of carboxylic acids is 1. The molecule has 1 fully saturated rings. The van der Waals surface area contributed by atoms with Crippen molar-refractivity contribution in [3.8, 4) is 0 Å². The van der Waals surface area contributed by atoms with E-state index in [-0.39, 0.29) is 28.5 Å². The minimum Gasteiger partial charge on any atom is -0.480 e. The molecule has 8 nitrogen and oxygen atoms in total. The summed E-state index contributed by atoms with van der Waals surface area (Å²) in [7, 11) is -3.96. The minimum atomic E-state index is -3.96. The fourth-order valence-electron chi connectivity index (χ4n) is 2.76. The van der Waals surface area contributed by atoms with Crippen LogP contribution in [-0.2, 0) is 14.8 Å². The lowest BCUT2D eigenvalue weighted by molar-refractivity contribution is -0.139. The number of carbonyl (C=O) groups excluding carboxylic acids is 2. The van der Waals surface area contributed by atoms with Gasteiger partial charge in [-0.25, -0.2) is 17.5 Å². The van der Waals surface area contributed by atoms with Gasteiger partial charge >= 0.3 is 5.97 Å². The van der Waals surface area contributed by atoms with Crippen LogP contribution in [0.1, 0.15) is 40.5 Å². The lowest BCUT2D eigenvalue weighted by Gasteiger charge is -2.14. The van der Waals surface area contributed by atoms with E-state index in [1.54, 1.807) is 6.92 Å². The molecule has 1 atom stereocenters. The van der Waals surface area contributed by atoms with Crippen LogP contribution in [0.25, 0.3) is 0 Å². The van der Waals surface area contributed by atoms with Gasteiger partial charge in [0.15, 0.2) is 0 Å². The van der Waals surface area contributed by atoms with Crippen LogP contribution >= 0.6 is 0 Å². The van der Waals surface area contributed by atoms with Gasteiger partial charge in [0.05, 0.1) is 5.56 Å². The summed E-state index contributed by atoms with van der Waals surface area (Å²) < 4.78 is 25.4. The van der Waals surface area contributed by atoms with Crippen molar-refractivity contribution in [3.63, 3.8) is 0 Å². The Bertz CT molecular complexity index is 844. The highest BCUT2D eigenvalue weighted by atomic mass is 32.2. The Kier molecular flexibility index (Phi) is 3.83. The van der Waals surface area contributed by atoms with E-state index in [1.807, 2.05) is 0 Å². The first-order chi connectivity index (χ1) is 11.3. The molecule has 1 aromatic rings. The zero-order valence-corrected chi connectivity index (χ0v) is 13.7. The molecule has 0 aromatic heterocycles. The molecule has 0 saturated heterocycles. The van der Waals surface area contributed by atoms with Crippen molar-refractivity contribution in [1.29, 1.82) is 0 Å². The van der Waals surface area contributed by atoms with Crippen molar-refractivity contribution < 1.29 is 27.9 Å². The molecular formula is C15H16N2O6S. The average Bonchev–Trinajstić information content (AvgIpc) is 3.33. The van der Waals surface area contributed by atoms with Crippen LogP contribution in [-0.4, -0.2) is 48.2 Å². The number of hydrogen-bond donors (Lipinski definition) is 2. The summed E-state index contributed by atoms with van der Waals surface area (Å²) in [4.78, 5) is 35.3. The van der Waals surface area contributed by atoms with Crippen molar-refractivity contribution in [2.45, 2.75) is 30.7 Å². The summed E-state index contributed by atoms with van der Waals surface area (Å²) >= 11 is 0. The number of nitrogens with one attached hydrogen (secondary N) is 1. The predicted molar refractivity (Wildman–Crippen MR) is 82.0 cm³/mol. The van der Waals surface area contributed by atoms with E-state index < -0.39 is 33.8 Å². The Morgan fingerprint density at radius 2 is 2.04 bits per heavy atom. The van der Waals surface area contributed by atoms with Crippen LogP contribution in [0.2, 0.25) is 0 Å². The number of amides is 2. The number of carboxylic acid groups (broad SMARTS) is 1. The van der Waals surface area contributed by atoms with E-state index in [1.165, 1.54) is 12.1 Å². The van der Waals surface area contributed by atoms with Gasteiger partial charge in [-0.1, -0.05) is 0 Å². The molecule has 2 N–H and O–H groups in total. The van der Waals surface area contributed by atoms with E-state index >= 15 is 0 Å². The van der Waals surface area contributed by atoms with Crippen LogP contribution < -0.4 is 5.32 Å². The largest absolute Gasteiger partial charge is 0.480 e. The molecule has 0 spiro atoms. The number of carbonyl (C=O) groups is 3. The molecule has 2 amide bonds. The van der Waals surface area contributed by atoms with E-state index in [4.69, 9.17) is 5.11 Å². The normalized spacial score (nSPS) is 19.7. The van der Waals surface area contributed by atoms with Crippen molar-refractivity contribution >= 4 is 27.8 Å². The van der Waals surface area contributed by atoms with Crippen molar-refractivity contribution in [3.05, 3.63) is 29.3 Å². The number of aliphatic carboxylic acids is 1. The van der Waals surface area contributed by atoms with Gasteiger partial charge in [-0.05, 0) is 43.9 Å². The molecule has 128 valence electrons. The average molecular weight is 352 g/mol. The molecular weight excluding hydrogens is 336 g/mol. The summed E-state index contributed by atoms with van der Waals surface area (Å²) in [5.74, 6) is -2.51. The minimum absolute atomic E-state index is 0.000144. The fourth-order valence-corrected chi connectivity index (χ4v) is 4.37. The molecule has 1 aromatic carbocycles. The topological polar surface area (TPSA) is 121 Å². The van der Waals surface area contributed by atoms with E-state index in [2.05, 4.69) is 5.32 Å². The number of sulfonamides is 1. The third-order valence-electron chi connectivity index (χ3n) is 4.20. The van der Waals surface area contributed by atoms with Crippen LogP contribution in [0.3, 0.4) is 0 Å². The summed E-state index contributed by atoms with van der Waals surface area (Å²) in [5.41, 5.74) is 0.0281. The van der Waals surface area contributed by atoms with Crippen molar-refractivity contribution in [1.82, 2.24) is 9.62 Å². The maximum absolute atomic E-state index is 12.3. The summed E-state index contributed by atoms with van der Waals surface area (Å²) in [6.07, 6.45) is 1.46. The van der Waals surface area contributed by atoms with E-state index in [9.17, 15) is 22.8 Å². The summed E-state index contributed by atoms with van der Waals surface area (Å²) in [5, 5.41) is 11.6. The van der Waals surface area contributed by atoms with Crippen LogP contribution in [0.15, 0.2) is 23.1 Å². The molecule has 1 saturated carbocycles. The van der Waals surface area contributed by atoms with Crippen LogP contribution in [0, 0.1) is 5.92 Å². The van der Waals surface area contributed by atoms with Gasteiger partial charge in [0, 0.05) is 12.1 Å². The Balaban J connectivity index is 1.91. The molecule has 0 radical (unpaired) electrons. The fraction of sp³-hybridized carbons (Fsp3) is 0.400. The van der Waals surface area contributed by atoms with Gasteiger partial charge in [0.2, 0.25) is 0 Å². The Labute approximate surface area is 138 Å². The lowest BCUT2D eigenvalue weighted by Crippen LogP contribution is -2.42. The number of benzene rings is 1. The maximum atomic E-state index is 12.3. The van der Waals surface area contributed by atoms with E-state index in [0.29, 0.717) is 0 Å². The quantitative estimate of drug-likeness (QED) is 0.793. The molecule has 1 heterocycles. The molecule has 1 unspecified atom stereocenters. The SMILES string of the molecule is CCN1C(=O)c2ccc(C(=O)NC(C(=O)O)C3CC3)cc2S1(=O)=O. The van der Waals surface area contributed by atoms with Gasteiger partial charge in [0.1, 0.15) is 10.9 Å². The zero-order valence-electron chi connectivity index (χ0n) is 12.9. The number of nitrogens with zero attached hydrogens (tertiary/aromatic N) is 1. The Morgan fingerprint density at radius 3 is 2.58 bits per heavy atom. The Morgan fingerprint density at radius 1 is 1.38 bits per heavy atom. The van der Waals surface area contributed by atoms with Crippen molar-refractivity contribution in [2.24, 2.45) is 5.92 Å². The summed E-state index contributed by atoms with van der Waals surface area (Å²) in [6, 6.07) is 2.75. The predicted octanol–water partition coefficient (Wildman–Crippen LogP) is 0.444. The monoisotopic (exact) mass is 352 g/mol. The van der Waals surface area contributed by atoms with E-state index in [0.717, 1.165) is 23.2 Å². The third kappa shape index (κ3) is 2.54.